The Labute approximate surface area is 146 Å². The van der Waals surface area contributed by atoms with Gasteiger partial charge in [-0.15, -0.1) is 0 Å². The van der Waals surface area contributed by atoms with Gasteiger partial charge in [-0.3, -0.25) is 0 Å². The molecule has 0 aliphatic rings. The lowest BCUT2D eigenvalue weighted by atomic mass is 10.0. The summed E-state index contributed by atoms with van der Waals surface area (Å²) in [7, 11) is 0. The molecule has 2 heteroatoms. The van der Waals surface area contributed by atoms with Gasteiger partial charge >= 0.3 is 0 Å². The Morgan fingerprint density at radius 1 is 0.600 bits per heavy atom. The van der Waals surface area contributed by atoms with E-state index >= 15 is 0 Å². The highest BCUT2D eigenvalue weighted by atomic mass is 16.3. The van der Waals surface area contributed by atoms with Gasteiger partial charge in [0.25, 0.3) is 0 Å². The largest absolute Gasteiger partial charge is 0.508 e. The minimum absolute atomic E-state index is 0.276. The van der Waals surface area contributed by atoms with Crippen molar-refractivity contribution < 1.29 is 5.11 Å². The second-order valence-corrected chi connectivity index (χ2v) is 5.91. The molecule has 1 N–H and O–H groups in total. The number of benzene rings is 4. The van der Waals surface area contributed by atoms with Crippen molar-refractivity contribution in [1.29, 1.82) is 0 Å². The standard InChI is InChI=1S/C23H17NO/c25-22-14-12-19-15-21(13-11-20(19)16-22)24-23(17-7-3-1-4-8-17)18-9-5-2-6-10-18/h1-16,25H. The number of phenols is 1. The lowest BCUT2D eigenvalue weighted by Gasteiger charge is -2.08. The maximum absolute atomic E-state index is 9.61. The van der Waals surface area contributed by atoms with E-state index in [4.69, 9.17) is 4.99 Å². The number of aromatic hydroxyl groups is 1. The van der Waals surface area contributed by atoms with Crippen LogP contribution in [-0.2, 0) is 0 Å². The van der Waals surface area contributed by atoms with E-state index in [1.165, 1.54) is 0 Å². The van der Waals surface area contributed by atoms with Crippen LogP contribution in [0.25, 0.3) is 10.8 Å². The Kier molecular flexibility index (Phi) is 4.01. The first-order valence-electron chi connectivity index (χ1n) is 8.22. The molecule has 0 fully saturated rings. The first kappa shape index (κ1) is 15.2. The highest BCUT2D eigenvalue weighted by Crippen LogP contribution is 2.26. The fourth-order valence-corrected chi connectivity index (χ4v) is 2.91. The number of rotatable bonds is 3. The van der Waals surface area contributed by atoms with Gasteiger partial charge in [0.2, 0.25) is 0 Å². The second kappa shape index (κ2) is 6.62. The third-order valence-corrected chi connectivity index (χ3v) is 4.14. The number of fused-ring (bicyclic) bond motifs is 1. The number of nitrogens with zero attached hydrogens (tertiary/aromatic N) is 1. The third-order valence-electron chi connectivity index (χ3n) is 4.14. The van der Waals surface area contributed by atoms with Crippen LogP contribution >= 0.6 is 0 Å². The minimum atomic E-state index is 0.276. The zero-order valence-electron chi connectivity index (χ0n) is 13.6. The van der Waals surface area contributed by atoms with Gasteiger partial charge in [0, 0.05) is 11.1 Å². The van der Waals surface area contributed by atoms with Crippen LogP contribution in [0.5, 0.6) is 5.75 Å². The summed E-state index contributed by atoms with van der Waals surface area (Å²) < 4.78 is 0. The molecule has 0 radical (unpaired) electrons. The Bertz CT molecular complexity index is 996. The molecule has 120 valence electrons. The van der Waals surface area contributed by atoms with Crippen molar-refractivity contribution in [3.63, 3.8) is 0 Å². The van der Waals surface area contributed by atoms with E-state index in [1.54, 1.807) is 12.1 Å². The summed E-state index contributed by atoms with van der Waals surface area (Å²) in [6.07, 6.45) is 0. The minimum Gasteiger partial charge on any atom is -0.508 e. The summed E-state index contributed by atoms with van der Waals surface area (Å²) in [5.74, 6) is 0.276. The lowest BCUT2D eigenvalue weighted by Crippen LogP contribution is -2.02. The molecular weight excluding hydrogens is 306 g/mol. The molecule has 4 rings (SSSR count). The molecule has 0 atom stereocenters. The molecule has 0 saturated carbocycles. The molecule has 2 nitrogen and oxygen atoms in total. The summed E-state index contributed by atoms with van der Waals surface area (Å²) in [4.78, 5) is 4.93. The molecule has 0 bridgehead atoms. The Morgan fingerprint density at radius 2 is 1.16 bits per heavy atom. The maximum Gasteiger partial charge on any atom is 0.116 e. The van der Waals surface area contributed by atoms with E-state index in [1.807, 2.05) is 60.7 Å². The van der Waals surface area contributed by atoms with Crippen LogP contribution in [0.2, 0.25) is 0 Å². The Balaban J connectivity index is 1.86. The van der Waals surface area contributed by atoms with Crippen molar-refractivity contribution in [2.24, 2.45) is 4.99 Å². The van der Waals surface area contributed by atoms with Crippen LogP contribution in [0.4, 0.5) is 5.69 Å². The number of hydrogen-bond acceptors (Lipinski definition) is 2. The van der Waals surface area contributed by atoms with Crippen molar-refractivity contribution in [2.75, 3.05) is 0 Å². The summed E-state index contributed by atoms with van der Waals surface area (Å²) >= 11 is 0. The van der Waals surface area contributed by atoms with Gasteiger partial charge < -0.3 is 5.11 Å². The van der Waals surface area contributed by atoms with E-state index < -0.39 is 0 Å². The molecule has 4 aromatic rings. The molecule has 0 amide bonds. The predicted molar refractivity (Wildman–Crippen MR) is 104 cm³/mol. The molecule has 0 aliphatic heterocycles. The van der Waals surface area contributed by atoms with Gasteiger partial charge in [0.15, 0.2) is 0 Å². The number of phenolic OH excluding ortho intramolecular Hbond substituents is 1. The van der Waals surface area contributed by atoms with E-state index in [-0.39, 0.29) is 5.75 Å². The van der Waals surface area contributed by atoms with Gasteiger partial charge in [-0.05, 0) is 35.0 Å². The lowest BCUT2D eigenvalue weighted by molar-refractivity contribution is 0.476. The fourth-order valence-electron chi connectivity index (χ4n) is 2.91. The zero-order valence-corrected chi connectivity index (χ0v) is 13.6. The highest BCUT2D eigenvalue weighted by Gasteiger charge is 2.07. The van der Waals surface area contributed by atoms with Crippen LogP contribution in [-0.4, -0.2) is 10.8 Å². The monoisotopic (exact) mass is 323 g/mol. The average molecular weight is 323 g/mol. The zero-order chi connectivity index (χ0) is 17.1. The highest BCUT2D eigenvalue weighted by molar-refractivity contribution is 6.14. The van der Waals surface area contributed by atoms with Crippen LogP contribution in [0.15, 0.2) is 102 Å². The van der Waals surface area contributed by atoms with E-state index in [2.05, 4.69) is 24.3 Å². The average Bonchev–Trinajstić information content (AvgIpc) is 2.67. The summed E-state index contributed by atoms with van der Waals surface area (Å²) in [5, 5.41) is 11.7. The predicted octanol–water partition coefficient (Wildman–Crippen LogP) is 5.71. The molecule has 0 aromatic heterocycles. The fraction of sp³-hybridized carbons (Fsp3) is 0. The SMILES string of the molecule is Oc1ccc2cc(N=C(c3ccccc3)c3ccccc3)ccc2c1. The van der Waals surface area contributed by atoms with Gasteiger partial charge in [-0.2, -0.15) is 0 Å². The molecule has 0 aliphatic carbocycles. The van der Waals surface area contributed by atoms with Gasteiger partial charge in [-0.25, -0.2) is 4.99 Å². The third kappa shape index (κ3) is 3.29. The van der Waals surface area contributed by atoms with Gasteiger partial charge in [-0.1, -0.05) is 72.8 Å². The first-order valence-corrected chi connectivity index (χ1v) is 8.22. The summed E-state index contributed by atoms with van der Waals surface area (Å²) in [6.45, 7) is 0. The van der Waals surface area contributed by atoms with Crippen LogP contribution in [0, 0.1) is 0 Å². The molecule has 0 saturated heterocycles. The molecule has 0 spiro atoms. The van der Waals surface area contributed by atoms with E-state index in [0.717, 1.165) is 33.3 Å². The first-order chi connectivity index (χ1) is 12.3. The van der Waals surface area contributed by atoms with E-state index in [9.17, 15) is 5.11 Å². The molecule has 0 heterocycles. The molecule has 0 unspecified atom stereocenters. The molecule has 25 heavy (non-hydrogen) atoms. The van der Waals surface area contributed by atoms with E-state index in [0.29, 0.717) is 0 Å². The topological polar surface area (TPSA) is 32.6 Å². The second-order valence-electron chi connectivity index (χ2n) is 5.91. The van der Waals surface area contributed by atoms with Crippen molar-refractivity contribution in [2.45, 2.75) is 0 Å². The maximum atomic E-state index is 9.61. The van der Waals surface area contributed by atoms with Crippen molar-refractivity contribution in [3.8, 4) is 5.75 Å². The quantitative estimate of drug-likeness (QED) is 0.481. The number of hydrogen-bond donors (Lipinski definition) is 1. The summed E-state index contributed by atoms with van der Waals surface area (Å²) in [5.41, 5.74) is 4.00. The Hall–Kier alpha value is -3.39. The van der Waals surface area contributed by atoms with Crippen molar-refractivity contribution in [1.82, 2.24) is 0 Å². The van der Waals surface area contributed by atoms with Crippen LogP contribution in [0.1, 0.15) is 11.1 Å². The smallest absolute Gasteiger partial charge is 0.116 e. The molecule has 4 aromatic carbocycles. The Morgan fingerprint density at radius 3 is 1.80 bits per heavy atom. The van der Waals surface area contributed by atoms with Gasteiger partial charge in [0.1, 0.15) is 5.75 Å². The van der Waals surface area contributed by atoms with Crippen molar-refractivity contribution in [3.05, 3.63) is 108 Å². The van der Waals surface area contributed by atoms with Crippen molar-refractivity contribution >= 4 is 22.2 Å². The number of aliphatic imine (C=N–C) groups is 1. The van der Waals surface area contributed by atoms with Gasteiger partial charge in [0.05, 0.1) is 11.4 Å². The van der Waals surface area contributed by atoms with Crippen LogP contribution < -0.4 is 0 Å². The normalized spacial score (nSPS) is 10.6. The summed E-state index contributed by atoms with van der Waals surface area (Å²) in [6, 6.07) is 31.8. The van der Waals surface area contributed by atoms with Crippen LogP contribution in [0.3, 0.4) is 0 Å². The molecular formula is C23H17NO.